The van der Waals surface area contributed by atoms with Crippen LogP contribution in [0.15, 0.2) is 24.3 Å². The van der Waals surface area contributed by atoms with E-state index in [0.717, 1.165) is 0 Å². The molecule has 1 saturated heterocycles. The summed E-state index contributed by atoms with van der Waals surface area (Å²) in [5.41, 5.74) is 0.436. The first-order valence-corrected chi connectivity index (χ1v) is 7.12. The second-order valence-electron chi connectivity index (χ2n) is 4.00. The second kappa shape index (κ2) is 5.55. The Morgan fingerprint density at radius 2 is 1.79 bits per heavy atom. The van der Waals surface area contributed by atoms with Crippen LogP contribution in [-0.2, 0) is 14.9 Å². The van der Waals surface area contributed by atoms with E-state index in [2.05, 4.69) is 4.72 Å². The van der Waals surface area contributed by atoms with Crippen LogP contribution in [0.4, 0.5) is 5.69 Å². The predicted octanol–water partition coefficient (Wildman–Crippen LogP) is 0.374. The van der Waals surface area contributed by atoms with Crippen LogP contribution < -0.4 is 4.72 Å². The summed E-state index contributed by atoms with van der Waals surface area (Å²) in [7, 11) is -3.61. The van der Waals surface area contributed by atoms with Gasteiger partial charge in [0.25, 0.3) is 0 Å². The van der Waals surface area contributed by atoms with Gasteiger partial charge in [-0.05, 0) is 24.3 Å². The summed E-state index contributed by atoms with van der Waals surface area (Å²) in [5, 5.41) is 8.75. The zero-order chi connectivity index (χ0) is 13.9. The van der Waals surface area contributed by atoms with E-state index < -0.39 is 16.2 Å². The molecule has 0 amide bonds. The van der Waals surface area contributed by atoms with Crippen LogP contribution in [0.2, 0.25) is 0 Å². The standard InChI is InChI=1S/C11H14N2O5S/c14-11(15)9-1-3-10(4-2-9)12-19(16,17)13-5-7-18-8-6-13/h1-4,12H,5-8H2,(H,14,15). The molecular formula is C11H14N2O5S. The molecule has 19 heavy (non-hydrogen) atoms. The molecule has 7 nitrogen and oxygen atoms in total. The SMILES string of the molecule is O=C(O)c1ccc(NS(=O)(=O)N2CCOCC2)cc1. The molecule has 2 N–H and O–H groups in total. The minimum atomic E-state index is -3.61. The minimum Gasteiger partial charge on any atom is -0.478 e. The van der Waals surface area contributed by atoms with Crippen molar-refractivity contribution < 1.29 is 23.1 Å². The highest BCUT2D eigenvalue weighted by Crippen LogP contribution is 2.14. The average molecular weight is 286 g/mol. The first kappa shape index (κ1) is 13.8. The highest BCUT2D eigenvalue weighted by molar-refractivity contribution is 7.90. The number of benzene rings is 1. The summed E-state index contributed by atoms with van der Waals surface area (Å²) in [6, 6.07) is 5.53. The van der Waals surface area contributed by atoms with Crippen LogP contribution in [0, 0.1) is 0 Å². The summed E-state index contributed by atoms with van der Waals surface area (Å²) < 4.78 is 32.8. The van der Waals surface area contributed by atoms with Gasteiger partial charge in [0.05, 0.1) is 18.8 Å². The average Bonchev–Trinajstić information content (AvgIpc) is 2.40. The molecule has 0 atom stereocenters. The molecule has 104 valence electrons. The lowest BCUT2D eigenvalue weighted by Gasteiger charge is -2.26. The van der Waals surface area contributed by atoms with E-state index in [4.69, 9.17) is 9.84 Å². The summed E-state index contributed by atoms with van der Waals surface area (Å²) in [5.74, 6) is -1.05. The predicted molar refractivity (Wildman–Crippen MR) is 68.3 cm³/mol. The zero-order valence-corrected chi connectivity index (χ0v) is 10.9. The summed E-state index contributed by atoms with van der Waals surface area (Å²) >= 11 is 0. The number of carbonyl (C=O) groups is 1. The summed E-state index contributed by atoms with van der Waals surface area (Å²) in [6.07, 6.45) is 0. The van der Waals surface area contributed by atoms with E-state index in [1.807, 2.05) is 0 Å². The van der Waals surface area contributed by atoms with Gasteiger partial charge < -0.3 is 9.84 Å². The maximum Gasteiger partial charge on any atom is 0.335 e. The number of morpholine rings is 1. The first-order valence-electron chi connectivity index (χ1n) is 5.68. The maximum absolute atomic E-state index is 12.0. The molecule has 1 aromatic carbocycles. The Hall–Kier alpha value is -1.64. The molecule has 1 aromatic rings. The lowest BCUT2D eigenvalue weighted by atomic mass is 10.2. The molecule has 8 heteroatoms. The van der Waals surface area contributed by atoms with Crippen molar-refractivity contribution in [2.24, 2.45) is 0 Å². The van der Waals surface area contributed by atoms with Gasteiger partial charge >= 0.3 is 16.2 Å². The number of carboxylic acids is 1. The highest BCUT2D eigenvalue weighted by Gasteiger charge is 2.24. The fraction of sp³-hybridized carbons (Fsp3) is 0.364. The normalized spacial score (nSPS) is 17.1. The summed E-state index contributed by atoms with van der Waals surface area (Å²) in [4.78, 5) is 10.7. The van der Waals surface area contributed by atoms with Crippen molar-refractivity contribution in [3.8, 4) is 0 Å². The Balaban J connectivity index is 2.09. The molecule has 0 saturated carbocycles. The Labute approximate surface area is 111 Å². The molecular weight excluding hydrogens is 272 g/mol. The number of rotatable bonds is 4. The van der Waals surface area contributed by atoms with Crippen molar-refractivity contribution in [2.75, 3.05) is 31.0 Å². The summed E-state index contributed by atoms with van der Waals surface area (Å²) in [6.45, 7) is 1.36. The quantitative estimate of drug-likeness (QED) is 0.834. The van der Waals surface area contributed by atoms with Crippen molar-refractivity contribution in [3.05, 3.63) is 29.8 Å². The van der Waals surface area contributed by atoms with Gasteiger partial charge in [0.1, 0.15) is 0 Å². The largest absolute Gasteiger partial charge is 0.478 e. The molecule has 2 rings (SSSR count). The molecule has 1 fully saturated rings. The fourth-order valence-corrected chi connectivity index (χ4v) is 2.87. The smallest absolute Gasteiger partial charge is 0.335 e. The highest BCUT2D eigenvalue weighted by atomic mass is 32.2. The number of carboxylic acid groups (broad SMARTS) is 1. The molecule has 0 spiro atoms. The number of nitrogens with one attached hydrogen (secondary N) is 1. The third-order valence-corrected chi connectivity index (χ3v) is 4.23. The van der Waals surface area contributed by atoms with Crippen molar-refractivity contribution in [2.45, 2.75) is 0 Å². The van der Waals surface area contributed by atoms with Crippen LogP contribution >= 0.6 is 0 Å². The van der Waals surface area contributed by atoms with E-state index in [1.165, 1.54) is 28.6 Å². The fourth-order valence-electron chi connectivity index (χ4n) is 1.68. The molecule has 0 aromatic heterocycles. The first-order chi connectivity index (χ1) is 8.99. The number of aromatic carboxylic acids is 1. The van der Waals surface area contributed by atoms with Gasteiger partial charge in [0.2, 0.25) is 0 Å². The van der Waals surface area contributed by atoms with Gasteiger partial charge in [0, 0.05) is 18.8 Å². The van der Waals surface area contributed by atoms with Crippen LogP contribution in [0.25, 0.3) is 0 Å². The van der Waals surface area contributed by atoms with Crippen LogP contribution in [0.5, 0.6) is 0 Å². The Bertz CT molecular complexity index is 549. The van der Waals surface area contributed by atoms with Gasteiger partial charge in [-0.2, -0.15) is 12.7 Å². The van der Waals surface area contributed by atoms with E-state index in [0.29, 0.717) is 32.0 Å². The number of nitrogens with zero attached hydrogens (tertiary/aromatic N) is 1. The topological polar surface area (TPSA) is 95.9 Å². The van der Waals surface area contributed by atoms with Gasteiger partial charge in [-0.3, -0.25) is 4.72 Å². The van der Waals surface area contributed by atoms with Gasteiger partial charge in [0.15, 0.2) is 0 Å². The van der Waals surface area contributed by atoms with Crippen LogP contribution in [0.1, 0.15) is 10.4 Å². The Kier molecular flexibility index (Phi) is 4.03. The molecule has 1 aliphatic rings. The Morgan fingerprint density at radius 3 is 2.32 bits per heavy atom. The van der Waals surface area contributed by atoms with Crippen molar-refractivity contribution in [1.29, 1.82) is 0 Å². The lowest BCUT2D eigenvalue weighted by Crippen LogP contribution is -2.43. The number of hydrogen-bond donors (Lipinski definition) is 2. The van der Waals surface area contributed by atoms with E-state index in [9.17, 15) is 13.2 Å². The van der Waals surface area contributed by atoms with E-state index in [1.54, 1.807) is 0 Å². The van der Waals surface area contributed by atoms with Crippen LogP contribution in [0.3, 0.4) is 0 Å². The second-order valence-corrected chi connectivity index (χ2v) is 5.67. The number of ether oxygens (including phenoxy) is 1. The van der Waals surface area contributed by atoms with Crippen LogP contribution in [-0.4, -0.2) is 50.1 Å². The molecule has 0 radical (unpaired) electrons. The zero-order valence-electron chi connectivity index (χ0n) is 10.1. The molecule has 0 aliphatic carbocycles. The molecule has 0 bridgehead atoms. The monoisotopic (exact) mass is 286 g/mol. The lowest BCUT2D eigenvalue weighted by molar-refractivity contribution is 0.0697. The number of hydrogen-bond acceptors (Lipinski definition) is 4. The Morgan fingerprint density at radius 1 is 1.21 bits per heavy atom. The van der Waals surface area contributed by atoms with Crippen molar-refractivity contribution in [3.63, 3.8) is 0 Å². The maximum atomic E-state index is 12.0. The molecule has 1 aliphatic heterocycles. The van der Waals surface area contributed by atoms with Crippen molar-refractivity contribution in [1.82, 2.24) is 4.31 Å². The van der Waals surface area contributed by atoms with E-state index >= 15 is 0 Å². The third-order valence-electron chi connectivity index (χ3n) is 2.69. The molecule has 0 unspecified atom stereocenters. The van der Waals surface area contributed by atoms with E-state index in [-0.39, 0.29) is 5.56 Å². The van der Waals surface area contributed by atoms with Gasteiger partial charge in [-0.1, -0.05) is 0 Å². The van der Waals surface area contributed by atoms with Gasteiger partial charge in [-0.15, -0.1) is 0 Å². The minimum absolute atomic E-state index is 0.106. The number of anilines is 1. The van der Waals surface area contributed by atoms with Crippen molar-refractivity contribution >= 4 is 21.9 Å². The third kappa shape index (κ3) is 3.43. The molecule has 1 heterocycles. The van der Waals surface area contributed by atoms with Gasteiger partial charge in [-0.25, -0.2) is 4.79 Å².